The number of rotatable bonds is 4. The fraction of sp³-hybridized carbons (Fsp3) is 0.375. The van der Waals surface area contributed by atoms with Crippen molar-refractivity contribution in [1.29, 1.82) is 0 Å². The minimum absolute atomic E-state index is 0.000801. The molecule has 128 valence electrons. The van der Waals surface area contributed by atoms with E-state index in [0.717, 1.165) is 0 Å². The molecule has 1 saturated heterocycles. The summed E-state index contributed by atoms with van der Waals surface area (Å²) >= 11 is 0. The summed E-state index contributed by atoms with van der Waals surface area (Å²) in [6.45, 7) is -0.408. The van der Waals surface area contributed by atoms with Crippen molar-refractivity contribution in [2.45, 2.75) is 31.0 Å². The van der Waals surface area contributed by atoms with Gasteiger partial charge in [0.1, 0.15) is 18.0 Å². The van der Waals surface area contributed by atoms with Crippen molar-refractivity contribution in [2.75, 3.05) is 6.61 Å². The van der Waals surface area contributed by atoms with Crippen LogP contribution in [-0.2, 0) is 4.74 Å². The van der Waals surface area contributed by atoms with Crippen molar-refractivity contribution in [3.63, 3.8) is 0 Å². The van der Waals surface area contributed by atoms with Crippen LogP contribution < -0.4 is 4.74 Å². The van der Waals surface area contributed by atoms with E-state index in [1.165, 1.54) is 12.1 Å². The van der Waals surface area contributed by atoms with E-state index in [2.05, 4.69) is 0 Å². The minimum Gasteiger partial charge on any atom is -0.461 e. The van der Waals surface area contributed by atoms with E-state index in [1.54, 1.807) is 24.3 Å². The van der Waals surface area contributed by atoms with Gasteiger partial charge in [0.05, 0.1) is 23.0 Å². The van der Waals surface area contributed by atoms with Gasteiger partial charge in [-0.25, -0.2) is 0 Å². The molecular formula is C16H17NO7. The van der Waals surface area contributed by atoms with Gasteiger partial charge >= 0.3 is 0 Å². The van der Waals surface area contributed by atoms with E-state index in [1.807, 2.05) is 0 Å². The maximum Gasteiger partial charge on any atom is 0.277 e. The van der Waals surface area contributed by atoms with Crippen molar-refractivity contribution in [3.05, 3.63) is 46.5 Å². The third-order valence-corrected chi connectivity index (χ3v) is 4.02. The van der Waals surface area contributed by atoms with Crippen molar-refractivity contribution in [3.8, 4) is 5.75 Å². The van der Waals surface area contributed by atoms with Crippen LogP contribution in [0.15, 0.2) is 36.4 Å². The molecule has 1 aliphatic heterocycles. The SMILES string of the molecule is O=[N+]([O-])c1ccc(O[C@@H]2OC(CO)[C@H](O)CC2O)c2ccccc12. The molecule has 0 saturated carbocycles. The van der Waals surface area contributed by atoms with Crippen LogP contribution in [0.5, 0.6) is 5.75 Å². The molecule has 1 aliphatic rings. The van der Waals surface area contributed by atoms with E-state index in [9.17, 15) is 25.4 Å². The lowest BCUT2D eigenvalue weighted by Gasteiger charge is -2.36. The molecule has 2 aromatic carbocycles. The number of hydrogen-bond acceptors (Lipinski definition) is 7. The third-order valence-electron chi connectivity index (χ3n) is 4.02. The molecule has 0 radical (unpaired) electrons. The zero-order chi connectivity index (χ0) is 17.3. The summed E-state index contributed by atoms with van der Waals surface area (Å²) in [7, 11) is 0. The lowest BCUT2D eigenvalue weighted by atomic mass is 10.0. The molecule has 1 fully saturated rings. The Labute approximate surface area is 137 Å². The molecule has 0 spiro atoms. The highest BCUT2D eigenvalue weighted by molar-refractivity contribution is 5.95. The Morgan fingerprint density at radius 3 is 2.54 bits per heavy atom. The van der Waals surface area contributed by atoms with Crippen LogP contribution in [0.25, 0.3) is 10.8 Å². The van der Waals surface area contributed by atoms with Crippen molar-refractivity contribution in [1.82, 2.24) is 0 Å². The van der Waals surface area contributed by atoms with Gasteiger partial charge in [-0.1, -0.05) is 18.2 Å². The van der Waals surface area contributed by atoms with Gasteiger partial charge in [-0.15, -0.1) is 0 Å². The average Bonchev–Trinajstić information content (AvgIpc) is 2.57. The van der Waals surface area contributed by atoms with Crippen molar-refractivity contribution < 1.29 is 29.7 Å². The van der Waals surface area contributed by atoms with E-state index in [-0.39, 0.29) is 12.1 Å². The zero-order valence-corrected chi connectivity index (χ0v) is 12.6. The number of ether oxygens (including phenoxy) is 2. The number of aliphatic hydroxyl groups excluding tert-OH is 3. The second kappa shape index (κ2) is 6.70. The average molecular weight is 335 g/mol. The molecule has 0 aromatic heterocycles. The molecule has 8 nitrogen and oxygen atoms in total. The molecular weight excluding hydrogens is 318 g/mol. The predicted molar refractivity (Wildman–Crippen MR) is 83.6 cm³/mol. The highest BCUT2D eigenvalue weighted by atomic mass is 16.7. The standard InChI is InChI=1S/C16H17NO7/c18-8-15-12(19)7-13(20)16(24-15)23-14-6-5-11(17(21)22)9-3-1-2-4-10(9)14/h1-6,12-13,15-16,18-20H,7-8H2/t12-,13?,15?,16-/m1/s1. The van der Waals surface area contributed by atoms with Crippen LogP contribution >= 0.6 is 0 Å². The topological polar surface area (TPSA) is 122 Å². The summed E-state index contributed by atoms with van der Waals surface area (Å²) in [5.41, 5.74) is -0.0493. The largest absolute Gasteiger partial charge is 0.461 e. The number of benzene rings is 2. The van der Waals surface area contributed by atoms with Gasteiger partial charge in [-0.05, 0) is 12.1 Å². The maximum atomic E-state index is 11.1. The highest BCUT2D eigenvalue weighted by Crippen LogP contribution is 2.34. The van der Waals surface area contributed by atoms with Crippen LogP contribution in [0, 0.1) is 10.1 Å². The second-order valence-electron chi connectivity index (χ2n) is 5.60. The molecule has 4 atom stereocenters. The Kier molecular flexibility index (Phi) is 4.63. The maximum absolute atomic E-state index is 11.1. The van der Waals surface area contributed by atoms with Gasteiger partial charge in [0, 0.05) is 17.9 Å². The Hall–Kier alpha value is -2.26. The first-order chi connectivity index (χ1) is 11.5. The minimum atomic E-state index is -1.09. The fourth-order valence-corrected chi connectivity index (χ4v) is 2.78. The van der Waals surface area contributed by atoms with Gasteiger partial charge in [0.2, 0.25) is 6.29 Å². The molecule has 3 rings (SSSR count). The van der Waals surface area contributed by atoms with E-state index in [4.69, 9.17) is 9.47 Å². The molecule has 2 unspecified atom stereocenters. The van der Waals surface area contributed by atoms with Crippen molar-refractivity contribution in [2.24, 2.45) is 0 Å². The summed E-state index contributed by atoms with van der Waals surface area (Å²) in [5.74, 6) is 0.313. The normalized spacial score (nSPS) is 27.1. The predicted octanol–water partition coefficient (Wildman–Crippen LogP) is 0.956. The fourth-order valence-electron chi connectivity index (χ4n) is 2.78. The number of fused-ring (bicyclic) bond motifs is 1. The summed E-state index contributed by atoms with van der Waals surface area (Å²) in [5, 5.41) is 41.0. The first-order valence-corrected chi connectivity index (χ1v) is 7.46. The lowest BCUT2D eigenvalue weighted by Crippen LogP contribution is -2.51. The van der Waals surface area contributed by atoms with Crippen LogP contribution in [0.2, 0.25) is 0 Å². The van der Waals surface area contributed by atoms with Crippen LogP contribution in [0.4, 0.5) is 5.69 Å². The highest BCUT2D eigenvalue weighted by Gasteiger charge is 2.37. The van der Waals surface area contributed by atoms with Crippen LogP contribution in [0.1, 0.15) is 6.42 Å². The molecule has 0 aliphatic carbocycles. The van der Waals surface area contributed by atoms with E-state index < -0.39 is 36.1 Å². The number of nitro benzene ring substituents is 1. The first-order valence-electron chi connectivity index (χ1n) is 7.46. The van der Waals surface area contributed by atoms with Gasteiger partial charge in [-0.2, -0.15) is 0 Å². The monoisotopic (exact) mass is 335 g/mol. The summed E-state index contributed by atoms with van der Waals surface area (Å²) in [4.78, 5) is 10.7. The van der Waals surface area contributed by atoms with Crippen LogP contribution in [0.3, 0.4) is 0 Å². The Bertz CT molecular complexity index is 750. The summed E-state index contributed by atoms with van der Waals surface area (Å²) < 4.78 is 11.1. The number of nitro groups is 1. The molecule has 0 amide bonds. The Morgan fingerprint density at radius 1 is 1.17 bits per heavy atom. The number of nitrogens with zero attached hydrogens (tertiary/aromatic N) is 1. The first kappa shape index (κ1) is 16.6. The van der Waals surface area contributed by atoms with Crippen LogP contribution in [-0.4, -0.2) is 51.5 Å². The number of aliphatic hydroxyl groups is 3. The van der Waals surface area contributed by atoms with E-state index in [0.29, 0.717) is 16.5 Å². The van der Waals surface area contributed by atoms with Gasteiger partial charge in [0.15, 0.2) is 0 Å². The quantitative estimate of drug-likeness (QED) is 0.562. The number of non-ortho nitro benzene ring substituents is 1. The Balaban J connectivity index is 1.93. The molecule has 2 aromatic rings. The molecule has 24 heavy (non-hydrogen) atoms. The molecule has 0 bridgehead atoms. The number of hydrogen-bond donors (Lipinski definition) is 3. The van der Waals surface area contributed by atoms with Gasteiger partial charge < -0.3 is 24.8 Å². The van der Waals surface area contributed by atoms with Gasteiger partial charge in [-0.3, -0.25) is 10.1 Å². The second-order valence-corrected chi connectivity index (χ2v) is 5.60. The molecule has 3 N–H and O–H groups in total. The Morgan fingerprint density at radius 2 is 1.88 bits per heavy atom. The zero-order valence-electron chi connectivity index (χ0n) is 12.6. The summed E-state index contributed by atoms with van der Waals surface area (Å²) in [6, 6.07) is 9.45. The third kappa shape index (κ3) is 3.04. The molecule has 1 heterocycles. The van der Waals surface area contributed by atoms with Crippen molar-refractivity contribution >= 4 is 16.5 Å². The smallest absolute Gasteiger partial charge is 0.277 e. The van der Waals surface area contributed by atoms with E-state index >= 15 is 0 Å². The van der Waals surface area contributed by atoms with Gasteiger partial charge in [0.25, 0.3) is 5.69 Å². The molecule has 8 heteroatoms. The lowest BCUT2D eigenvalue weighted by molar-refractivity contribution is -0.383. The summed E-state index contributed by atoms with van der Waals surface area (Å²) in [6.07, 6.45) is -4.02.